The molecule has 0 radical (unpaired) electrons. The molecule has 1 aliphatic rings. The molecule has 8 nitrogen and oxygen atoms in total. The summed E-state index contributed by atoms with van der Waals surface area (Å²) in [4.78, 5) is 48.1. The quantitative estimate of drug-likeness (QED) is 0.721. The Hall–Kier alpha value is -3.68. The SMILES string of the molecule is O=C(CN1C(=O)c2ccccc2C1=O)Nc1ccc(C(=O)O)c(O)c1. The zero-order chi connectivity index (χ0) is 18.1. The second kappa shape index (κ2) is 6.08. The van der Waals surface area contributed by atoms with Gasteiger partial charge in [0.2, 0.25) is 5.91 Å². The van der Waals surface area contributed by atoms with Gasteiger partial charge in [0.15, 0.2) is 0 Å². The van der Waals surface area contributed by atoms with Gasteiger partial charge in [0, 0.05) is 11.8 Å². The van der Waals surface area contributed by atoms with Crippen molar-refractivity contribution in [2.45, 2.75) is 0 Å². The molecule has 3 N–H and O–H groups in total. The summed E-state index contributed by atoms with van der Waals surface area (Å²) in [5, 5.41) is 20.9. The van der Waals surface area contributed by atoms with Crippen LogP contribution in [0.15, 0.2) is 42.5 Å². The summed E-state index contributed by atoms with van der Waals surface area (Å²) in [6.07, 6.45) is 0. The van der Waals surface area contributed by atoms with E-state index in [0.29, 0.717) is 0 Å². The van der Waals surface area contributed by atoms with Gasteiger partial charge in [-0.15, -0.1) is 0 Å². The third-order valence-corrected chi connectivity index (χ3v) is 3.69. The van der Waals surface area contributed by atoms with Gasteiger partial charge < -0.3 is 15.5 Å². The summed E-state index contributed by atoms with van der Waals surface area (Å²) < 4.78 is 0. The van der Waals surface area contributed by atoms with Crippen LogP contribution in [-0.4, -0.2) is 45.3 Å². The number of carbonyl (C=O) groups is 4. The number of aromatic hydroxyl groups is 1. The van der Waals surface area contributed by atoms with E-state index in [1.165, 1.54) is 18.2 Å². The third kappa shape index (κ3) is 2.92. The number of anilines is 1. The highest BCUT2D eigenvalue weighted by Crippen LogP contribution is 2.24. The van der Waals surface area contributed by atoms with E-state index in [4.69, 9.17) is 5.11 Å². The highest BCUT2D eigenvalue weighted by Gasteiger charge is 2.36. The van der Waals surface area contributed by atoms with Crippen LogP contribution in [0.5, 0.6) is 5.75 Å². The molecular formula is C17H12N2O6. The Morgan fingerprint density at radius 3 is 2.12 bits per heavy atom. The number of carbonyl (C=O) groups excluding carboxylic acids is 3. The second-order valence-electron chi connectivity index (χ2n) is 5.33. The van der Waals surface area contributed by atoms with Crippen LogP contribution < -0.4 is 5.32 Å². The molecule has 0 bridgehead atoms. The van der Waals surface area contributed by atoms with Gasteiger partial charge in [-0.2, -0.15) is 0 Å². The number of fused-ring (bicyclic) bond motifs is 1. The zero-order valence-corrected chi connectivity index (χ0v) is 12.7. The van der Waals surface area contributed by atoms with Gasteiger partial charge >= 0.3 is 5.97 Å². The highest BCUT2D eigenvalue weighted by atomic mass is 16.4. The lowest BCUT2D eigenvalue weighted by Crippen LogP contribution is -2.37. The van der Waals surface area contributed by atoms with E-state index in [1.807, 2.05) is 0 Å². The highest BCUT2D eigenvalue weighted by molar-refractivity contribution is 6.22. The van der Waals surface area contributed by atoms with E-state index < -0.39 is 36.0 Å². The van der Waals surface area contributed by atoms with Crippen molar-refractivity contribution >= 4 is 29.4 Å². The van der Waals surface area contributed by atoms with Crippen molar-refractivity contribution in [2.24, 2.45) is 0 Å². The number of phenols is 1. The molecule has 0 saturated carbocycles. The lowest BCUT2D eigenvalue weighted by molar-refractivity contribution is -0.116. The van der Waals surface area contributed by atoms with E-state index in [0.717, 1.165) is 17.0 Å². The molecule has 2 aromatic carbocycles. The number of imide groups is 1. The van der Waals surface area contributed by atoms with Crippen molar-refractivity contribution < 1.29 is 29.4 Å². The number of carboxylic acid groups (broad SMARTS) is 1. The molecule has 8 heteroatoms. The van der Waals surface area contributed by atoms with Crippen molar-refractivity contribution in [3.63, 3.8) is 0 Å². The average molecular weight is 340 g/mol. The Bertz CT molecular complexity index is 886. The first kappa shape index (κ1) is 16.2. The summed E-state index contributed by atoms with van der Waals surface area (Å²) in [5.41, 5.74) is 0.315. The largest absolute Gasteiger partial charge is 0.507 e. The van der Waals surface area contributed by atoms with Gasteiger partial charge in [-0.1, -0.05) is 12.1 Å². The molecule has 126 valence electrons. The molecule has 0 aromatic heterocycles. The van der Waals surface area contributed by atoms with E-state index in [2.05, 4.69) is 5.32 Å². The number of rotatable bonds is 4. The van der Waals surface area contributed by atoms with Gasteiger partial charge in [-0.05, 0) is 24.3 Å². The topological polar surface area (TPSA) is 124 Å². The maximum absolute atomic E-state index is 12.2. The lowest BCUT2D eigenvalue weighted by atomic mass is 10.1. The number of carboxylic acids is 1. The minimum atomic E-state index is -1.30. The average Bonchev–Trinajstić information content (AvgIpc) is 2.80. The molecule has 1 aliphatic heterocycles. The van der Waals surface area contributed by atoms with E-state index in [-0.39, 0.29) is 22.4 Å². The number of aromatic carboxylic acids is 1. The molecule has 3 amide bonds. The molecule has 0 aliphatic carbocycles. The Morgan fingerprint density at radius 1 is 1.00 bits per heavy atom. The Kier molecular flexibility index (Phi) is 3.94. The number of hydrogen-bond donors (Lipinski definition) is 3. The van der Waals surface area contributed by atoms with Crippen LogP contribution in [0, 0.1) is 0 Å². The predicted molar refractivity (Wildman–Crippen MR) is 85.5 cm³/mol. The molecule has 0 unspecified atom stereocenters. The van der Waals surface area contributed by atoms with Crippen LogP contribution >= 0.6 is 0 Å². The smallest absolute Gasteiger partial charge is 0.339 e. The molecule has 3 rings (SSSR count). The fourth-order valence-electron chi connectivity index (χ4n) is 2.52. The number of nitrogens with one attached hydrogen (secondary N) is 1. The van der Waals surface area contributed by atoms with Crippen LogP contribution in [0.4, 0.5) is 5.69 Å². The summed E-state index contributed by atoms with van der Waals surface area (Å²) in [7, 11) is 0. The van der Waals surface area contributed by atoms with Gasteiger partial charge in [0.1, 0.15) is 17.9 Å². The normalized spacial score (nSPS) is 12.9. The maximum atomic E-state index is 12.2. The fraction of sp³-hybridized carbons (Fsp3) is 0.0588. The molecule has 0 saturated heterocycles. The van der Waals surface area contributed by atoms with Gasteiger partial charge in [0.25, 0.3) is 11.8 Å². The third-order valence-electron chi connectivity index (χ3n) is 3.69. The minimum Gasteiger partial charge on any atom is -0.507 e. The van der Waals surface area contributed by atoms with Crippen LogP contribution in [0.1, 0.15) is 31.1 Å². The fourth-order valence-corrected chi connectivity index (χ4v) is 2.52. The number of benzene rings is 2. The summed E-state index contributed by atoms with van der Waals surface area (Å²) in [6, 6.07) is 9.77. The maximum Gasteiger partial charge on any atom is 0.339 e. The van der Waals surface area contributed by atoms with Crippen LogP contribution in [0.25, 0.3) is 0 Å². The molecule has 0 fully saturated rings. The number of nitrogens with zero attached hydrogens (tertiary/aromatic N) is 1. The van der Waals surface area contributed by atoms with Crippen molar-refractivity contribution in [1.29, 1.82) is 0 Å². The van der Waals surface area contributed by atoms with Gasteiger partial charge in [0.05, 0.1) is 11.1 Å². The van der Waals surface area contributed by atoms with Crippen LogP contribution in [0.3, 0.4) is 0 Å². The van der Waals surface area contributed by atoms with E-state index in [1.54, 1.807) is 12.1 Å². The molecule has 1 heterocycles. The summed E-state index contributed by atoms with van der Waals surface area (Å²) in [5.74, 6) is -3.58. The Morgan fingerprint density at radius 2 is 1.60 bits per heavy atom. The van der Waals surface area contributed by atoms with E-state index >= 15 is 0 Å². The van der Waals surface area contributed by atoms with E-state index in [9.17, 15) is 24.3 Å². The zero-order valence-electron chi connectivity index (χ0n) is 12.7. The first-order valence-corrected chi connectivity index (χ1v) is 7.20. The summed E-state index contributed by atoms with van der Waals surface area (Å²) in [6.45, 7) is -0.492. The first-order chi connectivity index (χ1) is 11.9. The number of amides is 3. The monoisotopic (exact) mass is 340 g/mol. The van der Waals surface area contributed by atoms with Crippen LogP contribution in [0.2, 0.25) is 0 Å². The Balaban J connectivity index is 1.72. The van der Waals surface area contributed by atoms with Crippen LogP contribution in [-0.2, 0) is 4.79 Å². The van der Waals surface area contributed by atoms with Gasteiger partial charge in [-0.3, -0.25) is 19.3 Å². The molecule has 25 heavy (non-hydrogen) atoms. The number of hydrogen-bond acceptors (Lipinski definition) is 5. The molecule has 2 aromatic rings. The molecular weight excluding hydrogens is 328 g/mol. The lowest BCUT2D eigenvalue weighted by Gasteiger charge is -2.14. The minimum absolute atomic E-state index is 0.143. The summed E-state index contributed by atoms with van der Waals surface area (Å²) >= 11 is 0. The van der Waals surface area contributed by atoms with Gasteiger partial charge in [-0.25, -0.2) is 4.79 Å². The standard InChI is InChI=1S/C17H12N2O6/c20-13-7-9(5-6-12(13)17(24)25)18-14(21)8-19-15(22)10-3-1-2-4-11(10)16(19)23/h1-7,20H,8H2,(H,18,21)(H,24,25). The molecule has 0 spiro atoms. The predicted octanol–water partition coefficient (Wildman–Crippen LogP) is 1.33. The van der Waals surface area contributed by atoms with Crippen molar-refractivity contribution in [3.8, 4) is 5.75 Å². The molecule has 0 atom stereocenters. The Labute approximate surface area is 141 Å². The second-order valence-corrected chi connectivity index (χ2v) is 5.33. The van der Waals surface area contributed by atoms with Crippen molar-refractivity contribution in [3.05, 3.63) is 59.2 Å². The van der Waals surface area contributed by atoms with Crippen molar-refractivity contribution in [2.75, 3.05) is 11.9 Å². The van der Waals surface area contributed by atoms with Crippen molar-refractivity contribution in [1.82, 2.24) is 4.90 Å². The first-order valence-electron chi connectivity index (χ1n) is 7.20.